The van der Waals surface area contributed by atoms with Crippen LogP contribution in [0.2, 0.25) is 0 Å². The lowest BCUT2D eigenvalue weighted by Crippen LogP contribution is -2.19. The number of carbonyl (C=O) groups excluding carboxylic acids is 2. The van der Waals surface area contributed by atoms with E-state index in [0.29, 0.717) is 17.3 Å². The Morgan fingerprint density at radius 2 is 2.12 bits per heavy atom. The molecule has 3 amide bonds. The number of amides is 3. The number of imidazole rings is 1. The zero-order chi connectivity index (χ0) is 18.4. The Morgan fingerprint density at radius 1 is 1.31 bits per heavy atom. The molecule has 0 radical (unpaired) electrons. The highest BCUT2D eigenvalue weighted by molar-refractivity contribution is 6.05. The number of fused-ring (bicyclic) bond motifs is 2. The number of hydrogen-bond donors (Lipinski definition) is 4. The number of methoxy groups -OCH3 is 1. The van der Waals surface area contributed by atoms with Crippen molar-refractivity contribution in [3.05, 3.63) is 35.9 Å². The van der Waals surface area contributed by atoms with Gasteiger partial charge in [0.25, 0.3) is 0 Å². The van der Waals surface area contributed by atoms with Gasteiger partial charge in [0, 0.05) is 17.4 Å². The summed E-state index contributed by atoms with van der Waals surface area (Å²) >= 11 is 0. The van der Waals surface area contributed by atoms with Crippen LogP contribution in [-0.4, -0.2) is 29.0 Å². The molecule has 0 bridgehead atoms. The number of nitrogens with zero attached hydrogens (tertiary/aromatic N) is 1. The van der Waals surface area contributed by atoms with Crippen LogP contribution in [0.5, 0.6) is 5.75 Å². The lowest BCUT2D eigenvalue weighted by atomic mass is 10.0. The first-order chi connectivity index (χ1) is 12.5. The number of H-pyrrole nitrogens is 1. The molecule has 0 saturated heterocycles. The minimum Gasteiger partial charge on any atom is -0.496 e. The maximum Gasteiger partial charge on any atom is 0.316 e. The van der Waals surface area contributed by atoms with Crippen LogP contribution in [-0.2, 0) is 4.79 Å². The number of aromatic nitrogens is 2. The summed E-state index contributed by atoms with van der Waals surface area (Å²) in [6.07, 6.45) is 0. The third-order valence-corrected chi connectivity index (χ3v) is 4.50. The molecule has 8 heteroatoms. The second kappa shape index (κ2) is 5.76. The third kappa shape index (κ3) is 2.52. The molecule has 2 heterocycles. The lowest BCUT2D eigenvalue weighted by molar-refractivity contribution is -0.116. The van der Waals surface area contributed by atoms with Crippen molar-refractivity contribution in [2.75, 3.05) is 17.7 Å². The fourth-order valence-electron chi connectivity index (χ4n) is 3.16. The normalized spacial score (nSPS) is 15.6. The van der Waals surface area contributed by atoms with Gasteiger partial charge >= 0.3 is 6.03 Å². The molecule has 0 saturated carbocycles. The molecule has 132 valence electrons. The van der Waals surface area contributed by atoms with Gasteiger partial charge in [-0.1, -0.05) is 0 Å². The van der Waals surface area contributed by atoms with Gasteiger partial charge in [0.05, 0.1) is 29.6 Å². The van der Waals surface area contributed by atoms with Crippen LogP contribution in [0, 0.1) is 0 Å². The van der Waals surface area contributed by atoms with Gasteiger partial charge in [0.1, 0.15) is 11.6 Å². The molecule has 3 aromatic rings. The summed E-state index contributed by atoms with van der Waals surface area (Å²) in [5.41, 5.74) is 9.75. The Hall–Kier alpha value is -3.55. The van der Waals surface area contributed by atoms with E-state index in [0.717, 1.165) is 27.8 Å². The Labute approximate surface area is 148 Å². The van der Waals surface area contributed by atoms with E-state index in [-0.39, 0.29) is 11.8 Å². The van der Waals surface area contributed by atoms with Gasteiger partial charge in [-0.2, -0.15) is 0 Å². The number of nitrogens with one attached hydrogen (secondary N) is 3. The number of benzene rings is 2. The average Bonchev–Trinajstić information content (AvgIpc) is 3.13. The highest BCUT2D eigenvalue weighted by Crippen LogP contribution is 2.37. The number of urea groups is 1. The number of primary amides is 1. The lowest BCUT2D eigenvalue weighted by Gasteiger charge is -2.09. The highest BCUT2D eigenvalue weighted by Gasteiger charge is 2.27. The molecule has 1 unspecified atom stereocenters. The number of rotatable bonds is 3. The average molecular weight is 351 g/mol. The molecule has 8 nitrogen and oxygen atoms in total. The summed E-state index contributed by atoms with van der Waals surface area (Å²) in [5.74, 6) is 0.983. The van der Waals surface area contributed by atoms with Crippen molar-refractivity contribution in [3.63, 3.8) is 0 Å². The van der Waals surface area contributed by atoms with E-state index in [4.69, 9.17) is 10.5 Å². The number of carbonyl (C=O) groups is 2. The van der Waals surface area contributed by atoms with Crippen molar-refractivity contribution in [1.29, 1.82) is 0 Å². The zero-order valence-corrected chi connectivity index (χ0v) is 14.2. The topological polar surface area (TPSA) is 122 Å². The third-order valence-electron chi connectivity index (χ3n) is 4.50. The van der Waals surface area contributed by atoms with Gasteiger partial charge in [0.15, 0.2) is 0 Å². The first-order valence-corrected chi connectivity index (χ1v) is 8.05. The summed E-state index contributed by atoms with van der Waals surface area (Å²) in [7, 11) is 1.54. The molecule has 2 aromatic carbocycles. The molecule has 1 aromatic heterocycles. The molecule has 0 aliphatic carbocycles. The summed E-state index contributed by atoms with van der Waals surface area (Å²) < 4.78 is 5.42. The predicted octanol–water partition coefficient (Wildman–Crippen LogP) is 2.78. The van der Waals surface area contributed by atoms with Gasteiger partial charge in [-0.3, -0.25) is 4.79 Å². The summed E-state index contributed by atoms with van der Waals surface area (Å²) in [5, 5.41) is 5.38. The van der Waals surface area contributed by atoms with E-state index in [1.54, 1.807) is 25.3 Å². The minimum atomic E-state index is -0.644. The second-order valence-corrected chi connectivity index (χ2v) is 6.16. The van der Waals surface area contributed by atoms with E-state index < -0.39 is 6.03 Å². The summed E-state index contributed by atoms with van der Waals surface area (Å²) in [6, 6.07) is 8.35. The van der Waals surface area contributed by atoms with Gasteiger partial charge in [-0.05, 0) is 36.8 Å². The number of anilines is 2. The smallest absolute Gasteiger partial charge is 0.316 e. The highest BCUT2D eigenvalue weighted by atomic mass is 16.5. The van der Waals surface area contributed by atoms with Crippen LogP contribution in [0.3, 0.4) is 0 Å². The van der Waals surface area contributed by atoms with Crippen LogP contribution < -0.4 is 21.1 Å². The first-order valence-electron chi connectivity index (χ1n) is 8.05. The van der Waals surface area contributed by atoms with Crippen molar-refractivity contribution in [2.24, 2.45) is 5.73 Å². The van der Waals surface area contributed by atoms with Crippen LogP contribution in [0.15, 0.2) is 30.3 Å². The van der Waals surface area contributed by atoms with Crippen molar-refractivity contribution < 1.29 is 14.3 Å². The largest absolute Gasteiger partial charge is 0.496 e. The van der Waals surface area contributed by atoms with E-state index >= 15 is 0 Å². The van der Waals surface area contributed by atoms with Crippen LogP contribution >= 0.6 is 0 Å². The van der Waals surface area contributed by atoms with Crippen molar-refractivity contribution in [2.45, 2.75) is 12.8 Å². The zero-order valence-electron chi connectivity index (χ0n) is 14.2. The first kappa shape index (κ1) is 15.9. The second-order valence-electron chi connectivity index (χ2n) is 6.16. The molecule has 0 spiro atoms. The molecule has 4 rings (SSSR count). The number of hydrogen-bond acceptors (Lipinski definition) is 4. The summed E-state index contributed by atoms with van der Waals surface area (Å²) in [6.45, 7) is 1.87. The van der Waals surface area contributed by atoms with E-state index in [9.17, 15) is 9.59 Å². The molecule has 5 N–H and O–H groups in total. The predicted molar refractivity (Wildman–Crippen MR) is 98.3 cm³/mol. The SMILES string of the molecule is COc1cc(NC(N)=O)ccc1-c1nc2cc3c(cc2[nH]1)C(C)C(=O)N3. The minimum absolute atomic E-state index is 0.00733. The molecular weight excluding hydrogens is 334 g/mol. The maximum absolute atomic E-state index is 11.8. The molecule has 1 aliphatic rings. The Bertz CT molecular complexity index is 1060. The Kier molecular flexibility index (Phi) is 3.54. The molecular formula is C18H17N5O3. The monoisotopic (exact) mass is 351 g/mol. The molecule has 0 fully saturated rings. The number of aromatic amines is 1. The fraction of sp³-hybridized carbons (Fsp3) is 0.167. The fourth-order valence-corrected chi connectivity index (χ4v) is 3.16. The standard InChI is InChI=1S/C18H17N5O3/c1-8-11-6-13-14(7-12(11)23-17(8)24)22-16(21-13)10-4-3-9(20-18(19)25)5-15(10)26-2/h3-8H,1-2H3,(H,21,22)(H,23,24)(H3,19,20,25). The van der Waals surface area contributed by atoms with Gasteiger partial charge in [-0.25, -0.2) is 9.78 Å². The quantitative estimate of drug-likeness (QED) is 0.579. The van der Waals surface area contributed by atoms with Gasteiger partial charge < -0.3 is 26.1 Å². The van der Waals surface area contributed by atoms with E-state index in [2.05, 4.69) is 20.6 Å². The van der Waals surface area contributed by atoms with Crippen LogP contribution in [0.25, 0.3) is 22.4 Å². The van der Waals surface area contributed by atoms with Crippen molar-refractivity contribution in [1.82, 2.24) is 9.97 Å². The summed E-state index contributed by atoms with van der Waals surface area (Å²) in [4.78, 5) is 30.7. The van der Waals surface area contributed by atoms with Crippen LogP contribution in [0.1, 0.15) is 18.4 Å². The van der Waals surface area contributed by atoms with Gasteiger partial charge in [0.2, 0.25) is 5.91 Å². The van der Waals surface area contributed by atoms with Crippen molar-refractivity contribution >= 4 is 34.3 Å². The van der Waals surface area contributed by atoms with Crippen LogP contribution in [0.4, 0.5) is 16.2 Å². The maximum atomic E-state index is 11.8. The number of ether oxygens (including phenoxy) is 1. The van der Waals surface area contributed by atoms with E-state index in [1.807, 2.05) is 19.1 Å². The molecule has 26 heavy (non-hydrogen) atoms. The van der Waals surface area contributed by atoms with Crippen molar-refractivity contribution in [3.8, 4) is 17.1 Å². The van der Waals surface area contributed by atoms with E-state index in [1.165, 1.54) is 0 Å². The molecule has 1 atom stereocenters. The van der Waals surface area contributed by atoms with Gasteiger partial charge in [-0.15, -0.1) is 0 Å². The Balaban J connectivity index is 1.78. The molecule has 1 aliphatic heterocycles. The number of nitrogens with two attached hydrogens (primary N) is 1. The Morgan fingerprint density at radius 3 is 2.85 bits per heavy atom.